The summed E-state index contributed by atoms with van der Waals surface area (Å²) in [6.45, 7) is 5.30. The van der Waals surface area contributed by atoms with Gasteiger partial charge in [-0.25, -0.2) is 14.4 Å². The van der Waals surface area contributed by atoms with Gasteiger partial charge in [-0.15, -0.1) is 0 Å². The van der Waals surface area contributed by atoms with Crippen LogP contribution in [-0.4, -0.2) is 36.4 Å². The molecule has 8 nitrogen and oxygen atoms in total. The first kappa shape index (κ1) is 21.4. The van der Waals surface area contributed by atoms with Crippen molar-refractivity contribution in [2.45, 2.75) is 51.9 Å². The number of amides is 1. The SMILES string of the molecule is CC(C)(C)OC(=O)OC(=O)[C@H](CCCN)NC(=O)OCc1ccccc1. The van der Waals surface area contributed by atoms with E-state index in [0.717, 1.165) is 5.56 Å². The predicted octanol–water partition coefficient (Wildman–Crippen LogP) is 2.50. The minimum Gasteiger partial charge on any atom is -0.445 e. The molecule has 1 amide bonds. The molecule has 0 aliphatic rings. The van der Waals surface area contributed by atoms with E-state index in [0.29, 0.717) is 13.0 Å². The van der Waals surface area contributed by atoms with E-state index in [1.807, 2.05) is 18.2 Å². The van der Waals surface area contributed by atoms with Crippen molar-refractivity contribution in [2.24, 2.45) is 5.73 Å². The molecule has 144 valence electrons. The Labute approximate surface area is 153 Å². The second-order valence-corrected chi connectivity index (χ2v) is 6.58. The monoisotopic (exact) mass is 366 g/mol. The van der Waals surface area contributed by atoms with Crippen molar-refractivity contribution in [3.05, 3.63) is 35.9 Å². The molecule has 0 aliphatic carbocycles. The number of carbonyl (C=O) groups is 3. The molecule has 0 spiro atoms. The zero-order valence-electron chi connectivity index (χ0n) is 15.3. The highest BCUT2D eigenvalue weighted by Crippen LogP contribution is 2.10. The Morgan fingerprint density at radius 2 is 1.81 bits per heavy atom. The Balaban J connectivity index is 2.57. The van der Waals surface area contributed by atoms with Crippen molar-refractivity contribution < 1.29 is 28.6 Å². The quantitative estimate of drug-likeness (QED) is 0.562. The molecule has 0 aliphatic heterocycles. The van der Waals surface area contributed by atoms with Crippen LogP contribution in [-0.2, 0) is 25.6 Å². The van der Waals surface area contributed by atoms with Crippen LogP contribution in [0, 0.1) is 0 Å². The molecule has 1 rings (SSSR count). The Bertz CT molecular complexity index is 597. The van der Waals surface area contributed by atoms with Crippen molar-refractivity contribution >= 4 is 18.2 Å². The van der Waals surface area contributed by atoms with E-state index in [4.69, 9.17) is 15.2 Å². The fourth-order valence-corrected chi connectivity index (χ4v) is 1.90. The van der Waals surface area contributed by atoms with Gasteiger partial charge in [0.05, 0.1) is 0 Å². The van der Waals surface area contributed by atoms with Crippen LogP contribution in [0.25, 0.3) is 0 Å². The Morgan fingerprint density at radius 3 is 2.38 bits per heavy atom. The molecule has 8 heteroatoms. The number of nitrogens with two attached hydrogens (primary N) is 1. The third-order valence-electron chi connectivity index (χ3n) is 3.06. The third kappa shape index (κ3) is 9.03. The summed E-state index contributed by atoms with van der Waals surface area (Å²) < 4.78 is 14.6. The van der Waals surface area contributed by atoms with E-state index in [9.17, 15) is 14.4 Å². The molecule has 26 heavy (non-hydrogen) atoms. The normalized spacial score (nSPS) is 12.0. The topological polar surface area (TPSA) is 117 Å². The summed E-state index contributed by atoms with van der Waals surface area (Å²) in [6, 6.07) is 8.03. The molecule has 1 aromatic carbocycles. The van der Waals surface area contributed by atoms with Crippen molar-refractivity contribution in [1.29, 1.82) is 0 Å². The fourth-order valence-electron chi connectivity index (χ4n) is 1.90. The predicted molar refractivity (Wildman–Crippen MR) is 94.2 cm³/mol. The average molecular weight is 366 g/mol. The number of esters is 1. The first-order valence-corrected chi connectivity index (χ1v) is 8.33. The first-order chi connectivity index (χ1) is 12.2. The van der Waals surface area contributed by atoms with Gasteiger partial charge in [0.1, 0.15) is 18.2 Å². The summed E-state index contributed by atoms with van der Waals surface area (Å²) in [5, 5.41) is 2.39. The summed E-state index contributed by atoms with van der Waals surface area (Å²) in [6.07, 6.45) is -1.26. The van der Waals surface area contributed by atoms with E-state index in [-0.39, 0.29) is 13.0 Å². The number of carbonyl (C=O) groups excluding carboxylic acids is 3. The smallest absolute Gasteiger partial charge is 0.445 e. The minimum absolute atomic E-state index is 0.0530. The molecular formula is C18H26N2O6. The highest BCUT2D eigenvalue weighted by atomic mass is 16.7. The number of hydrogen-bond donors (Lipinski definition) is 2. The van der Waals surface area contributed by atoms with Gasteiger partial charge in [-0.2, -0.15) is 0 Å². The van der Waals surface area contributed by atoms with Gasteiger partial charge in [-0.05, 0) is 45.7 Å². The van der Waals surface area contributed by atoms with Gasteiger partial charge >= 0.3 is 18.2 Å². The van der Waals surface area contributed by atoms with Gasteiger partial charge in [-0.3, -0.25) is 0 Å². The number of benzene rings is 1. The standard InChI is InChI=1S/C18H26N2O6/c1-18(2,3)26-17(23)25-15(21)14(10-7-11-19)20-16(22)24-12-13-8-5-4-6-9-13/h4-6,8-9,14H,7,10-12,19H2,1-3H3,(H,20,22)/t14-/m0/s1. The molecule has 3 N–H and O–H groups in total. The molecule has 1 atom stereocenters. The Kier molecular flexibility index (Phi) is 8.57. The van der Waals surface area contributed by atoms with E-state index in [2.05, 4.69) is 10.1 Å². The van der Waals surface area contributed by atoms with Gasteiger partial charge in [0.25, 0.3) is 0 Å². The van der Waals surface area contributed by atoms with Crippen molar-refractivity contribution in [1.82, 2.24) is 5.32 Å². The lowest BCUT2D eigenvalue weighted by atomic mass is 10.1. The zero-order valence-corrected chi connectivity index (χ0v) is 15.3. The largest absolute Gasteiger partial charge is 0.516 e. The molecule has 0 fully saturated rings. The molecule has 0 bridgehead atoms. The molecule has 0 saturated carbocycles. The van der Waals surface area contributed by atoms with Crippen LogP contribution in [0.4, 0.5) is 9.59 Å². The van der Waals surface area contributed by atoms with E-state index < -0.39 is 29.9 Å². The fraction of sp³-hybridized carbons (Fsp3) is 0.500. The summed E-state index contributed by atoms with van der Waals surface area (Å²) in [5.41, 5.74) is 5.44. The summed E-state index contributed by atoms with van der Waals surface area (Å²) in [4.78, 5) is 35.7. The number of hydrogen-bond acceptors (Lipinski definition) is 7. The second-order valence-electron chi connectivity index (χ2n) is 6.58. The highest BCUT2D eigenvalue weighted by Gasteiger charge is 2.27. The number of nitrogens with one attached hydrogen (secondary N) is 1. The Morgan fingerprint density at radius 1 is 1.15 bits per heavy atom. The van der Waals surface area contributed by atoms with E-state index in [1.54, 1.807) is 32.9 Å². The third-order valence-corrected chi connectivity index (χ3v) is 3.06. The van der Waals surface area contributed by atoms with Gasteiger partial charge in [0.15, 0.2) is 0 Å². The van der Waals surface area contributed by atoms with Crippen LogP contribution in [0.5, 0.6) is 0 Å². The lowest BCUT2D eigenvalue weighted by Crippen LogP contribution is -2.43. The maximum absolute atomic E-state index is 12.1. The molecule has 0 heterocycles. The van der Waals surface area contributed by atoms with Crippen LogP contribution < -0.4 is 11.1 Å². The number of alkyl carbamates (subject to hydrolysis) is 1. The number of rotatable bonds is 7. The summed E-state index contributed by atoms with van der Waals surface area (Å²) >= 11 is 0. The van der Waals surface area contributed by atoms with Crippen molar-refractivity contribution in [2.75, 3.05) is 6.54 Å². The van der Waals surface area contributed by atoms with Crippen molar-refractivity contribution in [3.8, 4) is 0 Å². The molecular weight excluding hydrogens is 340 g/mol. The highest BCUT2D eigenvalue weighted by molar-refractivity contribution is 5.88. The second kappa shape index (κ2) is 10.4. The molecule has 0 aromatic heterocycles. The van der Waals surface area contributed by atoms with Crippen LogP contribution in [0.1, 0.15) is 39.2 Å². The summed E-state index contributed by atoms with van der Waals surface area (Å²) in [7, 11) is 0. The molecule has 0 unspecified atom stereocenters. The van der Waals surface area contributed by atoms with Gasteiger partial charge in [0.2, 0.25) is 0 Å². The molecule has 1 aromatic rings. The number of ether oxygens (including phenoxy) is 3. The molecule has 0 radical (unpaired) electrons. The van der Waals surface area contributed by atoms with Gasteiger partial charge in [0, 0.05) is 0 Å². The van der Waals surface area contributed by atoms with Gasteiger partial charge < -0.3 is 25.3 Å². The van der Waals surface area contributed by atoms with Crippen LogP contribution in [0.3, 0.4) is 0 Å². The zero-order chi connectivity index (χ0) is 19.6. The Hall–Kier alpha value is -2.61. The minimum atomic E-state index is -1.13. The lowest BCUT2D eigenvalue weighted by molar-refractivity contribution is -0.144. The van der Waals surface area contributed by atoms with Crippen molar-refractivity contribution in [3.63, 3.8) is 0 Å². The summed E-state index contributed by atoms with van der Waals surface area (Å²) in [5.74, 6) is -0.927. The molecule has 0 saturated heterocycles. The van der Waals surface area contributed by atoms with E-state index in [1.165, 1.54) is 0 Å². The van der Waals surface area contributed by atoms with Crippen LogP contribution in [0.15, 0.2) is 30.3 Å². The van der Waals surface area contributed by atoms with Gasteiger partial charge in [-0.1, -0.05) is 30.3 Å². The van der Waals surface area contributed by atoms with E-state index >= 15 is 0 Å². The lowest BCUT2D eigenvalue weighted by Gasteiger charge is -2.20. The maximum Gasteiger partial charge on any atom is 0.516 e. The van der Waals surface area contributed by atoms with Crippen LogP contribution in [0.2, 0.25) is 0 Å². The van der Waals surface area contributed by atoms with Crippen LogP contribution >= 0.6 is 0 Å². The maximum atomic E-state index is 12.1. The average Bonchev–Trinajstić information content (AvgIpc) is 2.55. The first-order valence-electron chi connectivity index (χ1n) is 8.33.